The van der Waals surface area contributed by atoms with E-state index in [4.69, 9.17) is 0 Å². The van der Waals surface area contributed by atoms with Crippen LogP contribution in [0.5, 0.6) is 0 Å². The molecule has 2 aromatic carbocycles. The van der Waals surface area contributed by atoms with Gasteiger partial charge in [-0.3, -0.25) is 4.79 Å². The molecule has 0 aliphatic heterocycles. The Kier molecular flexibility index (Phi) is 4.44. The molecule has 3 amide bonds. The van der Waals surface area contributed by atoms with Crippen LogP contribution >= 0.6 is 0 Å². The molecule has 1 fully saturated rings. The van der Waals surface area contributed by atoms with Crippen molar-refractivity contribution in [2.24, 2.45) is 0 Å². The number of hydrogen-bond donors (Lipinski definition) is 5. The Bertz CT molecular complexity index is 1080. The Balaban J connectivity index is 1.59. The van der Waals surface area contributed by atoms with Crippen molar-refractivity contribution >= 4 is 40.2 Å². The number of carboxylic acid groups (broad SMARTS) is 1. The fourth-order valence-corrected chi connectivity index (χ4v) is 2.99. The molecular formula is C20H18N4O4. The molecule has 1 aromatic heterocycles. The first kappa shape index (κ1) is 17.6. The van der Waals surface area contributed by atoms with Crippen molar-refractivity contribution < 1.29 is 19.5 Å². The van der Waals surface area contributed by atoms with Gasteiger partial charge in [-0.15, -0.1) is 0 Å². The average Bonchev–Trinajstić information content (AvgIpc) is 3.36. The molecule has 1 heterocycles. The van der Waals surface area contributed by atoms with E-state index in [1.807, 2.05) is 0 Å². The SMILES string of the molecule is O=C(Nc1cccc2c(C(=O)Nc3ccccc3C(=O)O)c[nH]c12)NC1CC1. The molecule has 8 heteroatoms. The molecule has 0 atom stereocenters. The van der Waals surface area contributed by atoms with Crippen LogP contribution < -0.4 is 16.0 Å². The van der Waals surface area contributed by atoms with Crippen LogP contribution in [0.1, 0.15) is 33.6 Å². The van der Waals surface area contributed by atoms with Crippen LogP contribution in [0.4, 0.5) is 16.2 Å². The van der Waals surface area contributed by atoms with Crippen LogP contribution in [-0.2, 0) is 0 Å². The molecule has 8 nitrogen and oxygen atoms in total. The van der Waals surface area contributed by atoms with Crippen molar-refractivity contribution in [2.75, 3.05) is 10.6 Å². The molecule has 1 aliphatic carbocycles. The number of carboxylic acids is 1. The first-order chi connectivity index (χ1) is 13.5. The van der Waals surface area contributed by atoms with Gasteiger partial charge in [-0.05, 0) is 31.0 Å². The van der Waals surface area contributed by atoms with Gasteiger partial charge in [-0.25, -0.2) is 9.59 Å². The van der Waals surface area contributed by atoms with Gasteiger partial charge in [-0.1, -0.05) is 24.3 Å². The average molecular weight is 378 g/mol. The Morgan fingerprint density at radius 3 is 2.43 bits per heavy atom. The van der Waals surface area contributed by atoms with Crippen LogP contribution in [0.15, 0.2) is 48.7 Å². The van der Waals surface area contributed by atoms with Crippen LogP contribution in [0.2, 0.25) is 0 Å². The molecule has 0 saturated heterocycles. The number of hydrogen-bond acceptors (Lipinski definition) is 3. The van der Waals surface area contributed by atoms with Crippen LogP contribution in [0.3, 0.4) is 0 Å². The van der Waals surface area contributed by atoms with Crippen LogP contribution in [-0.4, -0.2) is 34.0 Å². The topological polar surface area (TPSA) is 123 Å². The number of aromatic amines is 1. The highest BCUT2D eigenvalue weighted by Gasteiger charge is 2.24. The first-order valence-corrected chi connectivity index (χ1v) is 8.84. The molecule has 0 unspecified atom stereocenters. The third kappa shape index (κ3) is 3.52. The van der Waals surface area contributed by atoms with Crippen molar-refractivity contribution in [1.29, 1.82) is 0 Å². The van der Waals surface area contributed by atoms with E-state index in [-0.39, 0.29) is 23.3 Å². The highest BCUT2D eigenvalue weighted by molar-refractivity contribution is 6.16. The predicted molar refractivity (Wildman–Crippen MR) is 105 cm³/mol. The molecular weight excluding hydrogens is 360 g/mol. The van der Waals surface area contributed by atoms with E-state index in [2.05, 4.69) is 20.9 Å². The van der Waals surface area contributed by atoms with Gasteiger partial charge in [-0.2, -0.15) is 0 Å². The number of fused-ring (bicyclic) bond motifs is 1. The fourth-order valence-electron chi connectivity index (χ4n) is 2.99. The van der Waals surface area contributed by atoms with Gasteiger partial charge in [0.25, 0.3) is 5.91 Å². The van der Waals surface area contributed by atoms with Gasteiger partial charge >= 0.3 is 12.0 Å². The monoisotopic (exact) mass is 378 g/mol. The lowest BCUT2D eigenvalue weighted by Gasteiger charge is -2.09. The number of H-pyrrole nitrogens is 1. The Morgan fingerprint density at radius 1 is 0.929 bits per heavy atom. The number of urea groups is 1. The van der Waals surface area contributed by atoms with E-state index in [1.54, 1.807) is 30.3 Å². The summed E-state index contributed by atoms with van der Waals surface area (Å²) < 4.78 is 0. The van der Waals surface area contributed by atoms with E-state index in [0.29, 0.717) is 22.2 Å². The maximum Gasteiger partial charge on any atom is 0.337 e. The smallest absolute Gasteiger partial charge is 0.337 e. The van der Waals surface area contributed by atoms with E-state index in [1.165, 1.54) is 18.3 Å². The second-order valence-electron chi connectivity index (χ2n) is 6.61. The zero-order valence-electron chi connectivity index (χ0n) is 14.8. The quantitative estimate of drug-likeness (QED) is 0.467. The Labute approximate surface area is 159 Å². The normalized spacial score (nSPS) is 13.1. The number of carbonyl (C=O) groups is 3. The summed E-state index contributed by atoms with van der Waals surface area (Å²) in [6, 6.07) is 11.4. The molecule has 0 bridgehead atoms. The van der Waals surface area contributed by atoms with E-state index < -0.39 is 11.9 Å². The first-order valence-electron chi connectivity index (χ1n) is 8.84. The number of aromatic carboxylic acids is 1. The molecule has 0 radical (unpaired) electrons. The van der Waals surface area contributed by atoms with E-state index in [9.17, 15) is 19.5 Å². The van der Waals surface area contributed by atoms with Crippen molar-refractivity contribution in [2.45, 2.75) is 18.9 Å². The number of amides is 3. The minimum absolute atomic E-state index is 0.00907. The number of anilines is 2. The molecule has 28 heavy (non-hydrogen) atoms. The van der Waals surface area contributed by atoms with E-state index in [0.717, 1.165) is 12.8 Å². The zero-order chi connectivity index (χ0) is 19.7. The number of para-hydroxylation sites is 2. The summed E-state index contributed by atoms with van der Waals surface area (Å²) in [7, 11) is 0. The van der Waals surface area contributed by atoms with Gasteiger partial charge in [0, 0.05) is 17.6 Å². The van der Waals surface area contributed by atoms with Gasteiger partial charge in [0.1, 0.15) is 0 Å². The minimum Gasteiger partial charge on any atom is -0.478 e. The Hall–Kier alpha value is -3.81. The van der Waals surface area contributed by atoms with Crippen LogP contribution in [0.25, 0.3) is 10.9 Å². The minimum atomic E-state index is -1.12. The lowest BCUT2D eigenvalue weighted by atomic mass is 10.1. The summed E-state index contributed by atoms with van der Waals surface area (Å²) in [5, 5.41) is 18.2. The largest absolute Gasteiger partial charge is 0.478 e. The predicted octanol–water partition coefficient (Wildman–Crippen LogP) is 3.40. The second kappa shape index (κ2) is 7.07. The molecule has 3 aromatic rings. The molecule has 4 rings (SSSR count). The number of benzene rings is 2. The molecule has 142 valence electrons. The van der Waals surface area contributed by atoms with Crippen molar-refractivity contribution in [3.63, 3.8) is 0 Å². The summed E-state index contributed by atoms with van der Waals surface area (Å²) in [6.45, 7) is 0. The number of carbonyl (C=O) groups excluding carboxylic acids is 2. The molecule has 1 aliphatic rings. The number of nitrogens with one attached hydrogen (secondary N) is 4. The summed E-state index contributed by atoms with van der Waals surface area (Å²) in [6.07, 6.45) is 3.51. The molecule has 1 saturated carbocycles. The van der Waals surface area contributed by atoms with Gasteiger partial charge in [0.05, 0.1) is 28.0 Å². The van der Waals surface area contributed by atoms with Crippen molar-refractivity contribution in [3.8, 4) is 0 Å². The standard InChI is InChI=1S/C20H18N4O4/c25-18(23-15-6-2-1-4-13(15)19(26)27)14-10-21-17-12(14)5-3-7-16(17)24-20(28)22-11-8-9-11/h1-7,10-11,21H,8-9H2,(H,23,25)(H,26,27)(H2,22,24,28). The maximum absolute atomic E-state index is 12.7. The van der Waals surface area contributed by atoms with Gasteiger partial charge in [0.2, 0.25) is 0 Å². The maximum atomic E-state index is 12.7. The summed E-state index contributed by atoms with van der Waals surface area (Å²) in [5.74, 6) is -1.57. The van der Waals surface area contributed by atoms with Gasteiger partial charge < -0.3 is 26.0 Å². The highest BCUT2D eigenvalue weighted by atomic mass is 16.4. The summed E-state index contributed by atoms with van der Waals surface area (Å²) in [4.78, 5) is 39.1. The lowest BCUT2D eigenvalue weighted by Crippen LogP contribution is -2.30. The number of rotatable bonds is 5. The van der Waals surface area contributed by atoms with Crippen LogP contribution in [0, 0.1) is 0 Å². The molecule has 0 spiro atoms. The molecule has 5 N–H and O–H groups in total. The fraction of sp³-hybridized carbons (Fsp3) is 0.150. The summed E-state index contributed by atoms with van der Waals surface area (Å²) >= 11 is 0. The third-order valence-electron chi connectivity index (χ3n) is 4.53. The summed E-state index contributed by atoms with van der Waals surface area (Å²) in [5.41, 5.74) is 1.74. The number of aromatic nitrogens is 1. The highest BCUT2D eigenvalue weighted by Crippen LogP contribution is 2.27. The van der Waals surface area contributed by atoms with Crippen molar-refractivity contribution in [1.82, 2.24) is 10.3 Å². The van der Waals surface area contributed by atoms with E-state index >= 15 is 0 Å². The Morgan fingerprint density at radius 2 is 1.68 bits per heavy atom. The lowest BCUT2D eigenvalue weighted by molar-refractivity contribution is 0.0698. The van der Waals surface area contributed by atoms with Gasteiger partial charge in [0.15, 0.2) is 0 Å². The third-order valence-corrected chi connectivity index (χ3v) is 4.53. The zero-order valence-corrected chi connectivity index (χ0v) is 14.8. The second-order valence-corrected chi connectivity index (χ2v) is 6.61. The van der Waals surface area contributed by atoms with Crippen molar-refractivity contribution in [3.05, 3.63) is 59.8 Å².